The smallest absolute Gasteiger partial charge is 0.250 e. The fraction of sp³-hybridized carbons (Fsp3) is 0.312. The Morgan fingerprint density at radius 2 is 2.05 bits per heavy atom. The number of anilines is 1. The summed E-state index contributed by atoms with van der Waals surface area (Å²) in [7, 11) is 0. The molecule has 0 spiro atoms. The van der Waals surface area contributed by atoms with Crippen LogP contribution in [0.4, 0.5) is 5.69 Å². The van der Waals surface area contributed by atoms with E-state index in [-0.39, 0.29) is 24.3 Å². The highest BCUT2D eigenvalue weighted by atomic mass is 16.2. The molecule has 0 saturated carbocycles. The number of hydrogen-bond donors (Lipinski definition) is 1. The van der Waals surface area contributed by atoms with Crippen molar-refractivity contribution < 1.29 is 9.59 Å². The molecule has 1 saturated heterocycles. The molecule has 3 rings (SSSR count). The predicted octanol–water partition coefficient (Wildman–Crippen LogP) is 1.72. The molecule has 108 valence electrons. The largest absolute Gasteiger partial charge is 0.342 e. The van der Waals surface area contributed by atoms with Crippen molar-refractivity contribution >= 4 is 28.4 Å². The maximum absolute atomic E-state index is 12.6. The van der Waals surface area contributed by atoms with Crippen LogP contribution >= 0.6 is 0 Å². The molecule has 1 unspecified atom stereocenters. The lowest BCUT2D eigenvalue weighted by molar-refractivity contribution is -0.132. The normalized spacial score (nSPS) is 19.2. The van der Waals surface area contributed by atoms with Gasteiger partial charge in [0.25, 0.3) is 0 Å². The van der Waals surface area contributed by atoms with Gasteiger partial charge >= 0.3 is 0 Å². The minimum atomic E-state index is -0.474. The third-order valence-electron chi connectivity index (χ3n) is 3.73. The summed E-state index contributed by atoms with van der Waals surface area (Å²) >= 11 is 0. The number of rotatable bonds is 2. The van der Waals surface area contributed by atoms with Gasteiger partial charge in [0.2, 0.25) is 11.8 Å². The van der Waals surface area contributed by atoms with Gasteiger partial charge in [0.05, 0.1) is 11.2 Å². The molecule has 1 aromatic heterocycles. The van der Waals surface area contributed by atoms with E-state index in [1.54, 1.807) is 11.1 Å². The summed E-state index contributed by atoms with van der Waals surface area (Å²) in [5.74, 6) is -0.146. The molecule has 0 aliphatic carbocycles. The van der Waals surface area contributed by atoms with E-state index in [1.807, 2.05) is 44.2 Å². The number of hydrogen-bond acceptors (Lipinski definition) is 3. The van der Waals surface area contributed by atoms with Gasteiger partial charge in [0.15, 0.2) is 0 Å². The van der Waals surface area contributed by atoms with E-state index in [2.05, 4.69) is 10.3 Å². The van der Waals surface area contributed by atoms with Gasteiger partial charge < -0.3 is 10.2 Å². The van der Waals surface area contributed by atoms with Crippen LogP contribution in [-0.4, -0.2) is 29.4 Å². The summed E-state index contributed by atoms with van der Waals surface area (Å²) in [5, 5.41) is 3.65. The molecular weight excluding hydrogens is 266 g/mol. The van der Waals surface area contributed by atoms with Crippen LogP contribution in [0.15, 0.2) is 36.5 Å². The van der Waals surface area contributed by atoms with Crippen molar-refractivity contribution in [3.05, 3.63) is 36.5 Å². The third-order valence-corrected chi connectivity index (χ3v) is 3.73. The molecule has 1 aromatic carbocycles. The maximum atomic E-state index is 12.6. The molecule has 2 aromatic rings. The third kappa shape index (κ3) is 2.35. The molecular formula is C16H17N3O2. The summed E-state index contributed by atoms with van der Waals surface area (Å²) in [5.41, 5.74) is 1.56. The van der Waals surface area contributed by atoms with Crippen molar-refractivity contribution in [2.45, 2.75) is 19.9 Å². The number of pyridine rings is 1. The number of piperazine rings is 1. The quantitative estimate of drug-likeness (QED) is 0.913. The Bertz CT molecular complexity index is 706. The summed E-state index contributed by atoms with van der Waals surface area (Å²) in [6.07, 6.45) is 1.72. The predicted molar refractivity (Wildman–Crippen MR) is 80.9 cm³/mol. The first kappa shape index (κ1) is 13.5. The van der Waals surface area contributed by atoms with Crippen molar-refractivity contribution in [2.24, 2.45) is 5.92 Å². The van der Waals surface area contributed by atoms with Crippen molar-refractivity contribution in [3.63, 3.8) is 0 Å². The van der Waals surface area contributed by atoms with Crippen molar-refractivity contribution in [1.29, 1.82) is 0 Å². The zero-order chi connectivity index (χ0) is 15.0. The van der Waals surface area contributed by atoms with Gasteiger partial charge in [-0.25, -0.2) is 0 Å². The Morgan fingerprint density at radius 1 is 1.24 bits per heavy atom. The minimum Gasteiger partial charge on any atom is -0.342 e. The maximum Gasteiger partial charge on any atom is 0.250 e. The molecule has 1 N–H and O–H groups in total. The molecule has 2 heterocycles. The van der Waals surface area contributed by atoms with Crippen LogP contribution in [0.3, 0.4) is 0 Å². The fourth-order valence-corrected chi connectivity index (χ4v) is 2.65. The number of benzene rings is 1. The summed E-state index contributed by atoms with van der Waals surface area (Å²) in [6.45, 7) is 3.91. The van der Waals surface area contributed by atoms with Crippen LogP contribution in [0.5, 0.6) is 0 Å². The van der Waals surface area contributed by atoms with E-state index in [0.29, 0.717) is 0 Å². The topological polar surface area (TPSA) is 62.3 Å². The fourth-order valence-electron chi connectivity index (χ4n) is 2.65. The highest BCUT2D eigenvalue weighted by Crippen LogP contribution is 2.27. The second-order valence-corrected chi connectivity index (χ2v) is 5.56. The van der Waals surface area contributed by atoms with Gasteiger partial charge in [0.1, 0.15) is 12.6 Å². The molecule has 1 atom stereocenters. The Morgan fingerprint density at radius 3 is 2.81 bits per heavy atom. The average Bonchev–Trinajstić information content (AvgIpc) is 2.48. The standard InChI is InChI=1S/C16H17N3O2/c1-10(2)15-16(21)19(9-14(20)18-15)13-7-3-6-12-11(13)5-4-8-17-12/h3-8,10,15H,9H2,1-2H3,(H,18,20). The van der Waals surface area contributed by atoms with Crippen LogP contribution in [0, 0.1) is 5.92 Å². The Hall–Kier alpha value is -2.43. The molecule has 1 aliphatic rings. The van der Waals surface area contributed by atoms with Gasteiger partial charge in [0, 0.05) is 11.6 Å². The minimum absolute atomic E-state index is 0.0516. The van der Waals surface area contributed by atoms with E-state index in [1.165, 1.54) is 0 Å². The average molecular weight is 283 g/mol. The Balaban J connectivity index is 2.08. The first-order valence-electron chi connectivity index (χ1n) is 7.02. The van der Waals surface area contributed by atoms with E-state index < -0.39 is 6.04 Å². The van der Waals surface area contributed by atoms with Crippen LogP contribution in [0.25, 0.3) is 10.9 Å². The highest BCUT2D eigenvalue weighted by Gasteiger charge is 2.35. The number of fused-ring (bicyclic) bond motifs is 1. The molecule has 1 fully saturated rings. The molecule has 0 radical (unpaired) electrons. The van der Waals surface area contributed by atoms with Gasteiger partial charge in [-0.15, -0.1) is 0 Å². The number of nitrogens with one attached hydrogen (secondary N) is 1. The van der Waals surface area contributed by atoms with E-state index in [4.69, 9.17) is 0 Å². The van der Waals surface area contributed by atoms with E-state index in [9.17, 15) is 9.59 Å². The number of aromatic nitrogens is 1. The lowest BCUT2D eigenvalue weighted by atomic mass is 9.99. The lowest BCUT2D eigenvalue weighted by Gasteiger charge is -2.34. The molecule has 0 bridgehead atoms. The highest BCUT2D eigenvalue weighted by molar-refractivity contribution is 6.10. The molecule has 1 aliphatic heterocycles. The van der Waals surface area contributed by atoms with Crippen LogP contribution in [0.2, 0.25) is 0 Å². The van der Waals surface area contributed by atoms with Crippen molar-refractivity contribution in [3.8, 4) is 0 Å². The van der Waals surface area contributed by atoms with E-state index >= 15 is 0 Å². The Kier molecular flexibility index (Phi) is 3.33. The van der Waals surface area contributed by atoms with Crippen molar-refractivity contribution in [2.75, 3.05) is 11.4 Å². The zero-order valence-electron chi connectivity index (χ0n) is 12.0. The SMILES string of the molecule is CC(C)C1NC(=O)CN(c2cccc3ncccc23)C1=O. The summed E-state index contributed by atoms with van der Waals surface area (Å²) < 4.78 is 0. The lowest BCUT2D eigenvalue weighted by Crippen LogP contribution is -2.60. The molecule has 5 nitrogen and oxygen atoms in total. The first-order valence-corrected chi connectivity index (χ1v) is 7.02. The van der Waals surface area contributed by atoms with Crippen LogP contribution in [-0.2, 0) is 9.59 Å². The van der Waals surface area contributed by atoms with Gasteiger partial charge in [-0.1, -0.05) is 19.9 Å². The zero-order valence-corrected chi connectivity index (χ0v) is 12.0. The summed E-state index contributed by atoms with van der Waals surface area (Å²) in [4.78, 5) is 30.4. The molecule has 2 amide bonds. The second-order valence-electron chi connectivity index (χ2n) is 5.56. The van der Waals surface area contributed by atoms with Gasteiger partial charge in [-0.2, -0.15) is 0 Å². The Labute approximate surface area is 123 Å². The summed E-state index contributed by atoms with van der Waals surface area (Å²) in [6, 6.07) is 8.89. The number of amides is 2. The van der Waals surface area contributed by atoms with Crippen LogP contribution < -0.4 is 10.2 Å². The number of carbonyl (C=O) groups excluding carboxylic acids is 2. The van der Waals surface area contributed by atoms with Crippen molar-refractivity contribution in [1.82, 2.24) is 10.3 Å². The second kappa shape index (κ2) is 5.16. The number of carbonyl (C=O) groups is 2. The molecule has 21 heavy (non-hydrogen) atoms. The van der Waals surface area contributed by atoms with E-state index in [0.717, 1.165) is 16.6 Å². The van der Waals surface area contributed by atoms with Gasteiger partial charge in [-0.05, 0) is 30.2 Å². The number of nitrogens with zero attached hydrogens (tertiary/aromatic N) is 2. The first-order chi connectivity index (χ1) is 10.1. The van der Waals surface area contributed by atoms with Gasteiger partial charge in [-0.3, -0.25) is 14.6 Å². The monoisotopic (exact) mass is 283 g/mol. The molecule has 5 heteroatoms. The van der Waals surface area contributed by atoms with Crippen LogP contribution in [0.1, 0.15) is 13.8 Å².